The molecule has 1 amide bonds. The van der Waals surface area contributed by atoms with Gasteiger partial charge < -0.3 is 9.64 Å². The first-order valence-electron chi connectivity index (χ1n) is 11.9. The van der Waals surface area contributed by atoms with Crippen LogP contribution in [-0.2, 0) is 32.4 Å². The molecule has 2 aromatic carbocycles. The monoisotopic (exact) mass is 493 g/mol. The lowest BCUT2D eigenvalue weighted by Crippen LogP contribution is -2.51. The number of esters is 1. The fraction of sp³-hybridized carbons (Fsp3) is 0.346. The topological polar surface area (TPSA) is 96.9 Å². The smallest absolute Gasteiger partial charge is 0.339 e. The van der Waals surface area contributed by atoms with Gasteiger partial charge in [0.1, 0.15) is 0 Å². The van der Waals surface area contributed by atoms with E-state index in [1.54, 1.807) is 35.2 Å². The quantitative estimate of drug-likeness (QED) is 0.507. The van der Waals surface area contributed by atoms with Crippen molar-refractivity contribution in [3.63, 3.8) is 0 Å². The summed E-state index contributed by atoms with van der Waals surface area (Å²) in [4.78, 5) is 32.5. The Balaban J connectivity index is 1.24. The number of aryl methyl sites for hydroxylation is 1. The fourth-order valence-corrected chi connectivity index (χ4v) is 6.26. The second-order valence-corrected chi connectivity index (χ2v) is 10.7. The van der Waals surface area contributed by atoms with Crippen molar-refractivity contribution in [3.8, 4) is 0 Å². The number of ether oxygens (including phenoxy) is 1. The van der Waals surface area contributed by atoms with E-state index in [1.165, 1.54) is 4.31 Å². The molecule has 5 rings (SSSR count). The van der Waals surface area contributed by atoms with Gasteiger partial charge in [0, 0.05) is 37.3 Å². The molecule has 1 saturated heterocycles. The summed E-state index contributed by atoms with van der Waals surface area (Å²) in [5.41, 5.74) is 3.12. The molecule has 1 aromatic heterocycles. The first-order chi connectivity index (χ1) is 16.9. The van der Waals surface area contributed by atoms with Crippen molar-refractivity contribution in [1.82, 2.24) is 14.2 Å². The third-order valence-electron chi connectivity index (χ3n) is 6.67. The summed E-state index contributed by atoms with van der Waals surface area (Å²) in [6.45, 7) is 0.501. The van der Waals surface area contributed by atoms with Crippen LogP contribution in [0.2, 0.25) is 0 Å². The van der Waals surface area contributed by atoms with Crippen molar-refractivity contribution in [3.05, 3.63) is 71.4 Å². The molecule has 0 unspecified atom stereocenters. The van der Waals surface area contributed by atoms with Crippen LogP contribution < -0.4 is 0 Å². The average molecular weight is 494 g/mol. The molecule has 182 valence electrons. The highest BCUT2D eigenvalue weighted by molar-refractivity contribution is 7.89. The van der Waals surface area contributed by atoms with E-state index in [1.807, 2.05) is 24.3 Å². The molecular formula is C26H27N3O5S. The number of rotatable bonds is 5. The van der Waals surface area contributed by atoms with Gasteiger partial charge in [-0.2, -0.15) is 4.31 Å². The SMILES string of the molecule is O=C(OCC(=O)N1CCN(S(=O)(=O)c2ccccc2)CC1)c1c2c(nc3ccccc13)CCCC2. The number of carbonyl (C=O) groups excluding carboxylic acids is 2. The number of benzene rings is 2. The third-order valence-corrected chi connectivity index (χ3v) is 8.59. The van der Waals surface area contributed by atoms with Crippen molar-refractivity contribution in [2.24, 2.45) is 0 Å². The molecule has 0 N–H and O–H groups in total. The Kier molecular flexibility index (Phi) is 6.53. The van der Waals surface area contributed by atoms with Gasteiger partial charge in [-0.05, 0) is 49.4 Å². The molecular weight excluding hydrogens is 466 g/mol. The molecule has 1 aliphatic heterocycles. The van der Waals surface area contributed by atoms with Crippen LogP contribution in [0.3, 0.4) is 0 Å². The largest absolute Gasteiger partial charge is 0.452 e. The number of aromatic nitrogens is 1. The second kappa shape index (κ2) is 9.75. The van der Waals surface area contributed by atoms with Crippen LogP contribution in [0.5, 0.6) is 0 Å². The van der Waals surface area contributed by atoms with Gasteiger partial charge in [-0.3, -0.25) is 9.78 Å². The number of carbonyl (C=O) groups is 2. The highest BCUT2D eigenvalue weighted by Gasteiger charge is 2.31. The Morgan fingerprint density at radius 3 is 2.34 bits per heavy atom. The van der Waals surface area contributed by atoms with Crippen LogP contribution in [0.4, 0.5) is 0 Å². The summed E-state index contributed by atoms with van der Waals surface area (Å²) in [6.07, 6.45) is 3.62. The van der Waals surface area contributed by atoms with E-state index in [4.69, 9.17) is 9.72 Å². The van der Waals surface area contributed by atoms with Crippen molar-refractivity contribution in [2.75, 3.05) is 32.8 Å². The number of pyridine rings is 1. The minimum atomic E-state index is -3.60. The fourth-order valence-electron chi connectivity index (χ4n) is 4.82. The van der Waals surface area contributed by atoms with Gasteiger partial charge in [0.25, 0.3) is 5.91 Å². The van der Waals surface area contributed by atoms with E-state index in [9.17, 15) is 18.0 Å². The first-order valence-corrected chi connectivity index (χ1v) is 13.3. The predicted octanol–water partition coefficient (Wildman–Crippen LogP) is 2.80. The lowest BCUT2D eigenvalue weighted by atomic mass is 9.90. The predicted molar refractivity (Wildman–Crippen MR) is 130 cm³/mol. The molecule has 0 saturated carbocycles. The molecule has 3 aromatic rings. The summed E-state index contributed by atoms with van der Waals surface area (Å²) >= 11 is 0. The maximum atomic E-state index is 13.1. The second-order valence-electron chi connectivity index (χ2n) is 8.81. The molecule has 0 bridgehead atoms. The highest BCUT2D eigenvalue weighted by Crippen LogP contribution is 2.29. The zero-order chi connectivity index (χ0) is 24.4. The Hall–Kier alpha value is -3.30. The van der Waals surface area contributed by atoms with Crippen LogP contribution in [0.25, 0.3) is 10.9 Å². The standard InChI is InChI=1S/C26H27N3O5S/c30-24(28-14-16-29(17-15-28)35(32,33)19-8-2-1-3-9-19)18-34-26(31)25-20-10-4-6-12-22(20)27-23-13-7-5-11-21(23)25/h1-4,6,8-10,12H,5,7,11,13-18H2. The summed E-state index contributed by atoms with van der Waals surface area (Å²) < 4.78 is 32.5. The van der Waals surface area contributed by atoms with Crippen LogP contribution in [0.1, 0.15) is 34.5 Å². The minimum Gasteiger partial charge on any atom is -0.452 e. The Morgan fingerprint density at radius 2 is 1.57 bits per heavy atom. The van der Waals surface area contributed by atoms with Crippen molar-refractivity contribution < 1.29 is 22.7 Å². The maximum Gasteiger partial charge on any atom is 0.339 e. The number of hydrogen-bond acceptors (Lipinski definition) is 6. The Labute approximate surface area is 204 Å². The number of amides is 1. The number of fused-ring (bicyclic) bond motifs is 2. The van der Waals surface area contributed by atoms with Crippen molar-refractivity contribution in [1.29, 1.82) is 0 Å². The molecule has 2 heterocycles. The normalized spacial score (nSPS) is 16.6. The van der Waals surface area contributed by atoms with Crippen molar-refractivity contribution in [2.45, 2.75) is 30.6 Å². The molecule has 0 radical (unpaired) electrons. The van der Waals surface area contributed by atoms with Crippen LogP contribution in [0, 0.1) is 0 Å². The Bertz CT molecular complexity index is 1370. The number of nitrogens with zero attached hydrogens (tertiary/aromatic N) is 3. The lowest BCUT2D eigenvalue weighted by molar-refractivity contribution is -0.135. The number of piperazine rings is 1. The average Bonchev–Trinajstić information content (AvgIpc) is 2.90. The molecule has 1 aliphatic carbocycles. The zero-order valence-electron chi connectivity index (χ0n) is 19.4. The zero-order valence-corrected chi connectivity index (χ0v) is 20.2. The van der Waals surface area contributed by atoms with E-state index in [0.29, 0.717) is 5.56 Å². The molecule has 9 heteroatoms. The molecule has 1 fully saturated rings. The number of hydrogen-bond donors (Lipinski definition) is 0. The number of sulfonamides is 1. The van der Waals surface area contributed by atoms with Gasteiger partial charge >= 0.3 is 5.97 Å². The van der Waals surface area contributed by atoms with E-state index < -0.39 is 16.0 Å². The summed E-state index contributed by atoms with van der Waals surface area (Å²) in [6, 6.07) is 15.8. The molecule has 2 aliphatic rings. The third kappa shape index (κ3) is 4.66. The van der Waals surface area contributed by atoms with E-state index >= 15 is 0 Å². The van der Waals surface area contributed by atoms with Crippen LogP contribution in [0.15, 0.2) is 59.5 Å². The van der Waals surface area contributed by atoms with Crippen LogP contribution >= 0.6 is 0 Å². The Morgan fingerprint density at radius 1 is 0.886 bits per heavy atom. The summed E-state index contributed by atoms with van der Waals surface area (Å²) in [7, 11) is -3.60. The van der Waals surface area contributed by atoms with E-state index in [2.05, 4.69) is 0 Å². The summed E-state index contributed by atoms with van der Waals surface area (Å²) in [5, 5.41) is 0.741. The summed E-state index contributed by atoms with van der Waals surface area (Å²) in [5.74, 6) is -0.845. The van der Waals surface area contributed by atoms with E-state index in [-0.39, 0.29) is 43.6 Å². The highest BCUT2D eigenvalue weighted by atomic mass is 32.2. The van der Waals surface area contributed by atoms with Gasteiger partial charge in [-0.15, -0.1) is 0 Å². The maximum absolute atomic E-state index is 13.1. The van der Waals surface area contributed by atoms with E-state index in [0.717, 1.165) is 47.8 Å². The molecule has 0 atom stereocenters. The van der Waals surface area contributed by atoms with Gasteiger partial charge in [0.2, 0.25) is 10.0 Å². The van der Waals surface area contributed by atoms with Crippen molar-refractivity contribution >= 4 is 32.8 Å². The first kappa shape index (κ1) is 23.4. The molecule has 35 heavy (non-hydrogen) atoms. The van der Waals surface area contributed by atoms with Gasteiger partial charge in [0.15, 0.2) is 6.61 Å². The lowest BCUT2D eigenvalue weighted by Gasteiger charge is -2.33. The van der Waals surface area contributed by atoms with Gasteiger partial charge in [-0.25, -0.2) is 13.2 Å². The van der Waals surface area contributed by atoms with Gasteiger partial charge in [0.05, 0.1) is 16.0 Å². The molecule has 8 nitrogen and oxygen atoms in total. The van der Waals surface area contributed by atoms with Crippen LogP contribution in [-0.4, -0.2) is 67.3 Å². The number of para-hydroxylation sites is 1. The molecule has 0 spiro atoms. The minimum absolute atomic E-state index is 0.194. The van der Waals surface area contributed by atoms with Gasteiger partial charge in [-0.1, -0.05) is 36.4 Å².